The average Bonchev–Trinajstić information content (AvgIpc) is 2.27. The van der Waals surface area contributed by atoms with Gasteiger partial charge in [-0.3, -0.25) is 4.79 Å². The van der Waals surface area contributed by atoms with Crippen molar-refractivity contribution in [2.75, 3.05) is 6.61 Å². The van der Waals surface area contributed by atoms with Crippen LogP contribution in [-0.4, -0.2) is 18.2 Å². The Hall–Kier alpha value is -1.35. The minimum atomic E-state index is -0.231. The molecule has 1 heterocycles. The van der Waals surface area contributed by atoms with Gasteiger partial charge in [0.15, 0.2) is 0 Å². The summed E-state index contributed by atoms with van der Waals surface area (Å²) in [5.74, 6) is -0.199. The Morgan fingerprint density at radius 2 is 2.17 bits per heavy atom. The van der Waals surface area contributed by atoms with Gasteiger partial charge in [-0.2, -0.15) is 0 Å². The number of hydrogen-bond donors (Lipinski definition) is 0. The van der Waals surface area contributed by atoms with E-state index in [1.807, 2.05) is 25.1 Å². The molecule has 1 atom stereocenters. The number of hydrogen-bond acceptors (Lipinski definition) is 3. The fourth-order valence-electron chi connectivity index (χ4n) is 2.48. The summed E-state index contributed by atoms with van der Waals surface area (Å²) in [5, 5.41) is 0. The van der Waals surface area contributed by atoms with E-state index in [9.17, 15) is 4.79 Å². The zero-order chi connectivity index (χ0) is 13.2. The van der Waals surface area contributed by atoms with Crippen LogP contribution < -0.4 is 0 Å². The number of benzene rings is 1. The maximum absolute atomic E-state index is 11.6. The minimum absolute atomic E-state index is 0.191. The lowest BCUT2D eigenvalue weighted by atomic mass is 9.87. The summed E-state index contributed by atoms with van der Waals surface area (Å²) < 4.78 is 11.0. The molecule has 0 aromatic heterocycles. The maximum Gasteiger partial charge on any atom is 0.308 e. The van der Waals surface area contributed by atoms with Crippen molar-refractivity contribution in [1.82, 2.24) is 0 Å². The normalized spacial score (nSPS) is 21.2. The van der Waals surface area contributed by atoms with E-state index in [1.165, 1.54) is 5.56 Å². The van der Waals surface area contributed by atoms with Crippen LogP contribution in [0.5, 0.6) is 0 Å². The number of carbonyl (C=O) groups excluding carboxylic acids is 1. The van der Waals surface area contributed by atoms with Crippen molar-refractivity contribution >= 4 is 5.97 Å². The predicted octanol–water partition coefficient (Wildman–Crippen LogP) is 3.03. The molecular weight excluding hydrogens is 228 g/mol. The molecule has 0 fully saturated rings. The smallest absolute Gasteiger partial charge is 0.308 e. The van der Waals surface area contributed by atoms with Crippen LogP contribution in [0.3, 0.4) is 0 Å². The molecule has 0 amide bonds. The van der Waals surface area contributed by atoms with Gasteiger partial charge in [-0.15, -0.1) is 0 Å². The first-order chi connectivity index (χ1) is 8.52. The predicted molar refractivity (Wildman–Crippen MR) is 69.3 cm³/mol. The second-order valence-corrected chi connectivity index (χ2v) is 5.25. The van der Waals surface area contributed by atoms with Gasteiger partial charge in [-0.05, 0) is 31.9 Å². The molecule has 1 aromatic carbocycles. The highest BCUT2D eigenvalue weighted by Crippen LogP contribution is 2.37. The summed E-state index contributed by atoms with van der Waals surface area (Å²) in [6.07, 6.45) is 0.973. The second kappa shape index (κ2) is 5.11. The highest BCUT2D eigenvalue weighted by atomic mass is 16.5. The molecule has 1 unspecified atom stereocenters. The van der Waals surface area contributed by atoms with Gasteiger partial charge in [-0.25, -0.2) is 0 Å². The van der Waals surface area contributed by atoms with E-state index in [0.29, 0.717) is 6.61 Å². The molecule has 0 N–H and O–H groups in total. The Morgan fingerprint density at radius 1 is 1.44 bits per heavy atom. The molecule has 0 spiro atoms. The second-order valence-electron chi connectivity index (χ2n) is 5.25. The van der Waals surface area contributed by atoms with E-state index in [0.717, 1.165) is 12.0 Å². The average molecular weight is 248 g/mol. The number of esters is 1. The molecule has 98 valence electrons. The van der Waals surface area contributed by atoms with Gasteiger partial charge in [0.2, 0.25) is 0 Å². The minimum Gasteiger partial charge on any atom is -0.466 e. The van der Waals surface area contributed by atoms with Gasteiger partial charge in [0.25, 0.3) is 0 Å². The first-order valence-corrected chi connectivity index (χ1v) is 6.43. The van der Waals surface area contributed by atoms with Crippen molar-refractivity contribution in [1.29, 1.82) is 0 Å². The van der Waals surface area contributed by atoms with Crippen LogP contribution in [0.4, 0.5) is 0 Å². The number of carbonyl (C=O) groups is 1. The van der Waals surface area contributed by atoms with Crippen LogP contribution in [0, 0.1) is 0 Å². The van der Waals surface area contributed by atoms with Gasteiger partial charge < -0.3 is 9.47 Å². The van der Waals surface area contributed by atoms with Crippen molar-refractivity contribution < 1.29 is 14.3 Å². The Labute approximate surface area is 108 Å². The van der Waals surface area contributed by atoms with Crippen LogP contribution in [0.25, 0.3) is 0 Å². The molecule has 2 rings (SSSR count). The van der Waals surface area contributed by atoms with Crippen LogP contribution >= 0.6 is 0 Å². The Morgan fingerprint density at radius 3 is 2.89 bits per heavy atom. The fourth-order valence-corrected chi connectivity index (χ4v) is 2.48. The van der Waals surface area contributed by atoms with E-state index >= 15 is 0 Å². The van der Waals surface area contributed by atoms with Crippen LogP contribution in [-0.2, 0) is 20.7 Å². The van der Waals surface area contributed by atoms with Crippen molar-refractivity contribution in [3.05, 3.63) is 35.4 Å². The molecule has 1 aromatic rings. The first kappa shape index (κ1) is 13.1. The molecule has 0 aliphatic carbocycles. The third-order valence-electron chi connectivity index (χ3n) is 3.14. The van der Waals surface area contributed by atoms with Crippen molar-refractivity contribution in [3.63, 3.8) is 0 Å². The summed E-state index contributed by atoms with van der Waals surface area (Å²) in [6, 6.07) is 8.16. The van der Waals surface area contributed by atoms with Gasteiger partial charge in [0.05, 0.1) is 24.7 Å². The van der Waals surface area contributed by atoms with Crippen molar-refractivity contribution in [2.24, 2.45) is 0 Å². The SMILES string of the molecule is CCOC(=O)CC1OC(C)(C)Cc2ccccc21. The Balaban J connectivity index is 2.22. The van der Waals surface area contributed by atoms with Crippen molar-refractivity contribution in [3.8, 4) is 0 Å². The molecule has 3 nitrogen and oxygen atoms in total. The van der Waals surface area contributed by atoms with Gasteiger partial charge >= 0.3 is 5.97 Å². The van der Waals surface area contributed by atoms with Crippen LogP contribution in [0.2, 0.25) is 0 Å². The van der Waals surface area contributed by atoms with E-state index < -0.39 is 0 Å². The largest absolute Gasteiger partial charge is 0.466 e. The highest BCUT2D eigenvalue weighted by Gasteiger charge is 2.33. The van der Waals surface area contributed by atoms with Gasteiger partial charge in [0.1, 0.15) is 0 Å². The standard InChI is InChI=1S/C15H20O3/c1-4-17-14(16)9-13-12-8-6-5-7-11(12)10-15(2,3)18-13/h5-8,13H,4,9-10H2,1-3H3. The lowest BCUT2D eigenvalue weighted by Gasteiger charge is -2.37. The molecule has 0 bridgehead atoms. The Bertz CT molecular complexity index is 437. The van der Waals surface area contributed by atoms with E-state index in [1.54, 1.807) is 0 Å². The quantitative estimate of drug-likeness (QED) is 0.771. The fraction of sp³-hybridized carbons (Fsp3) is 0.533. The Kier molecular flexibility index (Phi) is 3.71. The summed E-state index contributed by atoms with van der Waals surface area (Å²) in [5.41, 5.74) is 2.15. The van der Waals surface area contributed by atoms with Crippen LogP contribution in [0.1, 0.15) is 44.4 Å². The molecule has 0 radical (unpaired) electrons. The molecule has 3 heteroatoms. The molecule has 1 aliphatic heterocycles. The highest BCUT2D eigenvalue weighted by molar-refractivity contribution is 5.70. The summed E-state index contributed by atoms with van der Waals surface area (Å²) in [4.78, 5) is 11.6. The number of rotatable bonds is 3. The molecule has 0 saturated heterocycles. The van der Waals surface area contributed by atoms with Gasteiger partial charge in [-0.1, -0.05) is 24.3 Å². The van der Waals surface area contributed by atoms with Crippen LogP contribution in [0.15, 0.2) is 24.3 Å². The summed E-state index contributed by atoms with van der Waals surface area (Å²) in [6.45, 7) is 6.34. The lowest BCUT2D eigenvalue weighted by molar-refractivity contribution is -0.151. The molecule has 1 aliphatic rings. The van der Waals surface area contributed by atoms with E-state index in [-0.39, 0.29) is 24.1 Å². The first-order valence-electron chi connectivity index (χ1n) is 6.43. The van der Waals surface area contributed by atoms with Crippen molar-refractivity contribution in [2.45, 2.75) is 45.3 Å². The number of ether oxygens (including phenoxy) is 2. The molecular formula is C15H20O3. The topological polar surface area (TPSA) is 35.5 Å². The monoisotopic (exact) mass is 248 g/mol. The summed E-state index contributed by atoms with van der Waals surface area (Å²) in [7, 11) is 0. The zero-order valence-electron chi connectivity index (χ0n) is 11.2. The van der Waals surface area contributed by atoms with Gasteiger partial charge in [0, 0.05) is 6.42 Å². The maximum atomic E-state index is 11.6. The third kappa shape index (κ3) is 2.91. The van der Waals surface area contributed by atoms with E-state index in [4.69, 9.17) is 9.47 Å². The summed E-state index contributed by atoms with van der Waals surface area (Å²) >= 11 is 0. The van der Waals surface area contributed by atoms with E-state index in [2.05, 4.69) is 19.9 Å². The molecule has 18 heavy (non-hydrogen) atoms. The third-order valence-corrected chi connectivity index (χ3v) is 3.14. The molecule has 0 saturated carbocycles. The number of fused-ring (bicyclic) bond motifs is 1. The zero-order valence-corrected chi connectivity index (χ0v) is 11.2. The lowest BCUT2D eigenvalue weighted by Crippen LogP contribution is -2.35.